The molecule has 2 fully saturated rings. The second-order valence-electron chi connectivity index (χ2n) is 7.42. The van der Waals surface area contributed by atoms with Gasteiger partial charge in [-0.15, -0.1) is 0 Å². The molecule has 5 nitrogen and oxygen atoms in total. The van der Waals surface area contributed by atoms with Crippen LogP contribution < -0.4 is 10.1 Å². The number of methoxy groups -OCH3 is 1. The number of rotatable bonds is 6. The molecule has 0 spiro atoms. The van der Waals surface area contributed by atoms with Gasteiger partial charge in [-0.1, -0.05) is 30.3 Å². The Kier molecular flexibility index (Phi) is 7.30. The molecule has 27 heavy (non-hydrogen) atoms. The lowest BCUT2D eigenvalue weighted by Gasteiger charge is -2.38. The minimum Gasteiger partial charge on any atom is -0.496 e. The third-order valence-corrected chi connectivity index (χ3v) is 5.51. The van der Waals surface area contributed by atoms with E-state index in [4.69, 9.17) is 9.57 Å². The first-order valence-corrected chi connectivity index (χ1v) is 10.3. The van der Waals surface area contributed by atoms with E-state index in [1.165, 1.54) is 18.4 Å². The number of ether oxygens (including phenoxy) is 1. The number of allylic oxidation sites excluding steroid dienone is 1. The molecule has 0 radical (unpaired) electrons. The first kappa shape index (κ1) is 19.9. The van der Waals surface area contributed by atoms with Crippen LogP contribution in [0.15, 0.2) is 35.0 Å². The monoisotopic (exact) mass is 371 g/mol. The molecule has 2 unspecified atom stereocenters. The summed E-state index contributed by atoms with van der Waals surface area (Å²) in [6, 6.07) is 8.61. The zero-order chi connectivity index (χ0) is 19.1. The van der Waals surface area contributed by atoms with Gasteiger partial charge in [-0.2, -0.15) is 0 Å². The van der Waals surface area contributed by atoms with Crippen molar-refractivity contribution in [2.45, 2.75) is 58.2 Å². The molecule has 0 amide bonds. The van der Waals surface area contributed by atoms with Gasteiger partial charge >= 0.3 is 0 Å². The molecule has 148 valence electrons. The minimum absolute atomic E-state index is 0.0454. The Balaban J connectivity index is 1.76. The molecule has 1 saturated carbocycles. The highest BCUT2D eigenvalue weighted by Gasteiger charge is 2.26. The van der Waals surface area contributed by atoms with Gasteiger partial charge in [0.2, 0.25) is 0 Å². The average Bonchev–Trinajstić information content (AvgIpc) is 2.71. The van der Waals surface area contributed by atoms with Crippen LogP contribution in [0.2, 0.25) is 0 Å². The van der Waals surface area contributed by atoms with Crippen molar-refractivity contribution < 1.29 is 9.57 Å². The van der Waals surface area contributed by atoms with Crippen molar-refractivity contribution in [1.29, 1.82) is 0 Å². The zero-order valence-corrected chi connectivity index (χ0v) is 16.9. The van der Waals surface area contributed by atoms with Crippen LogP contribution in [-0.4, -0.2) is 49.6 Å². The number of benzene rings is 1. The lowest BCUT2D eigenvalue weighted by molar-refractivity contribution is -0.0828. The van der Waals surface area contributed by atoms with Crippen LogP contribution in [0.5, 0.6) is 5.75 Å². The summed E-state index contributed by atoms with van der Waals surface area (Å²) in [6.45, 7) is 7.45. The normalized spacial score (nSPS) is 25.5. The Morgan fingerprint density at radius 1 is 1.30 bits per heavy atom. The maximum atomic E-state index is 6.08. The van der Waals surface area contributed by atoms with Gasteiger partial charge in [-0.3, -0.25) is 4.90 Å². The molecule has 1 aromatic carbocycles. The van der Waals surface area contributed by atoms with Crippen LogP contribution in [0.25, 0.3) is 6.08 Å². The van der Waals surface area contributed by atoms with Crippen molar-refractivity contribution in [3.8, 4) is 5.75 Å². The molecular weight excluding hydrogens is 338 g/mol. The average molecular weight is 372 g/mol. The Labute approximate surface area is 163 Å². The highest BCUT2D eigenvalue weighted by atomic mass is 16.6. The number of oxime groups is 1. The number of hydrogen-bond acceptors (Lipinski definition) is 5. The highest BCUT2D eigenvalue weighted by Crippen LogP contribution is 2.27. The largest absolute Gasteiger partial charge is 0.496 e. The summed E-state index contributed by atoms with van der Waals surface area (Å²) in [5.74, 6) is 0.900. The summed E-state index contributed by atoms with van der Waals surface area (Å²) in [5, 5.41) is 8.08. The van der Waals surface area contributed by atoms with E-state index in [1.54, 1.807) is 7.11 Å². The first-order valence-electron chi connectivity index (χ1n) is 10.3. The molecule has 3 rings (SSSR count). The van der Waals surface area contributed by atoms with Crippen molar-refractivity contribution in [2.75, 3.05) is 26.7 Å². The lowest BCUT2D eigenvalue weighted by Crippen LogP contribution is -2.54. The third kappa shape index (κ3) is 5.11. The van der Waals surface area contributed by atoms with Crippen LogP contribution in [-0.2, 0) is 4.84 Å². The molecule has 1 aromatic rings. The zero-order valence-electron chi connectivity index (χ0n) is 16.9. The fraction of sp³-hybridized carbons (Fsp3) is 0.591. The van der Waals surface area contributed by atoms with Gasteiger partial charge in [-0.25, -0.2) is 0 Å². The van der Waals surface area contributed by atoms with E-state index < -0.39 is 0 Å². The van der Waals surface area contributed by atoms with Gasteiger partial charge < -0.3 is 14.9 Å². The van der Waals surface area contributed by atoms with Gasteiger partial charge in [0, 0.05) is 31.2 Å². The smallest absolute Gasteiger partial charge is 0.181 e. The Bertz CT molecular complexity index is 671. The van der Waals surface area contributed by atoms with Gasteiger partial charge in [0.05, 0.1) is 12.8 Å². The number of hydrogen-bond donors (Lipinski definition) is 1. The van der Waals surface area contributed by atoms with Crippen LogP contribution >= 0.6 is 0 Å². The molecule has 1 aliphatic heterocycles. The Morgan fingerprint density at radius 3 is 2.89 bits per heavy atom. The predicted molar refractivity (Wildman–Crippen MR) is 111 cm³/mol. The fourth-order valence-corrected chi connectivity index (χ4v) is 3.92. The fourth-order valence-electron chi connectivity index (χ4n) is 3.92. The molecule has 2 aliphatic rings. The molecule has 0 bridgehead atoms. The molecule has 1 N–H and O–H groups in total. The quantitative estimate of drug-likeness (QED) is 0.766. The summed E-state index contributed by atoms with van der Waals surface area (Å²) >= 11 is 0. The molecular formula is C22H33N3O2. The van der Waals surface area contributed by atoms with E-state index >= 15 is 0 Å². The summed E-state index contributed by atoms with van der Waals surface area (Å²) in [4.78, 5) is 8.50. The van der Waals surface area contributed by atoms with Crippen LogP contribution in [0.4, 0.5) is 0 Å². The van der Waals surface area contributed by atoms with Gasteiger partial charge in [0.15, 0.2) is 6.23 Å². The number of nitrogens with zero attached hydrogens (tertiary/aromatic N) is 2. The first-order chi connectivity index (χ1) is 13.2. The van der Waals surface area contributed by atoms with E-state index in [0.717, 1.165) is 55.9 Å². The van der Waals surface area contributed by atoms with Crippen LogP contribution in [0.3, 0.4) is 0 Å². The molecule has 2 atom stereocenters. The SMILES string of the molecule is CCC(O/N=C1/CCCC/C1=C/c1ccccc1OC)N1CCNCC1C. The summed E-state index contributed by atoms with van der Waals surface area (Å²) < 4.78 is 5.50. The highest BCUT2D eigenvalue weighted by molar-refractivity contribution is 6.04. The maximum Gasteiger partial charge on any atom is 0.181 e. The number of nitrogens with one attached hydrogen (secondary N) is 1. The molecule has 1 aliphatic carbocycles. The van der Waals surface area contributed by atoms with E-state index in [1.807, 2.05) is 18.2 Å². The van der Waals surface area contributed by atoms with Crippen molar-refractivity contribution in [1.82, 2.24) is 10.2 Å². The standard InChI is InChI=1S/C22H33N3O2/c1-4-22(25-14-13-23-16-17(25)2)27-24-20-11-7-5-9-18(20)15-19-10-6-8-12-21(19)26-3/h6,8,10,12,15,17,22-23H,4-5,7,9,11,13-14,16H2,1-3H3/b18-15-,24-20-. The van der Waals surface area contributed by atoms with Gasteiger partial charge in [0.25, 0.3) is 0 Å². The summed E-state index contributed by atoms with van der Waals surface area (Å²) in [6.07, 6.45) is 7.60. The lowest BCUT2D eigenvalue weighted by atomic mass is 9.91. The van der Waals surface area contributed by atoms with Crippen molar-refractivity contribution in [2.24, 2.45) is 5.16 Å². The second-order valence-corrected chi connectivity index (χ2v) is 7.42. The summed E-state index contributed by atoms with van der Waals surface area (Å²) in [5.41, 5.74) is 3.47. The van der Waals surface area contributed by atoms with E-state index in [0.29, 0.717) is 6.04 Å². The number of para-hydroxylation sites is 1. The molecule has 5 heteroatoms. The summed E-state index contributed by atoms with van der Waals surface area (Å²) in [7, 11) is 1.72. The van der Waals surface area contributed by atoms with E-state index in [9.17, 15) is 0 Å². The predicted octanol–water partition coefficient (Wildman–Crippen LogP) is 4.06. The molecule has 1 saturated heterocycles. The third-order valence-electron chi connectivity index (χ3n) is 5.51. The van der Waals surface area contributed by atoms with E-state index in [2.05, 4.69) is 41.4 Å². The molecule has 0 aromatic heterocycles. The molecule has 1 heterocycles. The number of piperazine rings is 1. The maximum absolute atomic E-state index is 6.08. The van der Waals surface area contributed by atoms with Crippen molar-refractivity contribution in [3.05, 3.63) is 35.4 Å². The Hall–Kier alpha value is -1.85. The van der Waals surface area contributed by atoms with Crippen LogP contribution in [0, 0.1) is 0 Å². The second kappa shape index (κ2) is 9.90. The van der Waals surface area contributed by atoms with Gasteiger partial charge in [-0.05, 0) is 56.7 Å². The van der Waals surface area contributed by atoms with Crippen molar-refractivity contribution in [3.63, 3.8) is 0 Å². The minimum atomic E-state index is 0.0454. The Morgan fingerprint density at radius 2 is 2.11 bits per heavy atom. The van der Waals surface area contributed by atoms with Gasteiger partial charge in [0.1, 0.15) is 5.75 Å². The topological polar surface area (TPSA) is 46.1 Å². The van der Waals surface area contributed by atoms with E-state index in [-0.39, 0.29) is 6.23 Å². The van der Waals surface area contributed by atoms with Crippen molar-refractivity contribution >= 4 is 11.8 Å². The van der Waals surface area contributed by atoms with Crippen LogP contribution in [0.1, 0.15) is 51.5 Å².